The van der Waals surface area contributed by atoms with Crippen molar-refractivity contribution in [2.45, 2.75) is 32.1 Å². The van der Waals surface area contributed by atoms with Crippen LogP contribution in [0.4, 0.5) is 8.78 Å². The molecule has 1 fully saturated rings. The molecule has 3 rings (SSSR count). The zero-order chi connectivity index (χ0) is 19.6. The van der Waals surface area contributed by atoms with E-state index in [2.05, 4.69) is 9.69 Å². The van der Waals surface area contributed by atoms with E-state index in [1.54, 1.807) is 0 Å². The van der Waals surface area contributed by atoms with E-state index in [4.69, 9.17) is 4.74 Å². The SMILES string of the molecule is COc1cc(F)c([C@@H]2CC(=O)NC[C@H]2CC(=O)Cc2cc(C)ns2)c(F)c1. The first-order valence-corrected chi connectivity index (χ1v) is 9.38. The first-order valence-electron chi connectivity index (χ1n) is 8.61. The number of aromatic nitrogens is 1. The van der Waals surface area contributed by atoms with Gasteiger partial charge in [-0.25, -0.2) is 8.78 Å². The van der Waals surface area contributed by atoms with Crippen molar-refractivity contribution >= 4 is 23.2 Å². The number of benzene rings is 1. The molecule has 1 aromatic carbocycles. The van der Waals surface area contributed by atoms with Crippen LogP contribution >= 0.6 is 11.5 Å². The Hall–Kier alpha value is -2.35. The van der Waals surface area contributed by atoms with Crippen molar-refractivity contribution in [3.63, 3.8) is 0 Å². The van der Waals surface area contributed by atoms with Gasteiger partial charge in [0.1, 0.15) is 23.2 Å². The fourth-order valence-electron chi connectivity index (χ4n) is 3.47. The number of hydrogen-bond donors (Lipinski definition) is 1. The number of nitrogens with one attached hydrogen (secondary N) is 1. The molecule has 1 saturated heterocycles. The smallest absolute Gasteiger partial charge is 0.220 e. The fourth-order valence-corrected chi connectivity index (χ4v) is 4.23. The lowest BCUT2D eigenvalue weighted by Gasteiger charge is -2.32. The fraction of sp³-hybridized carbons (Fsp3) is 0.421. The molecule has 2 atom stereocenters. The van der Waals surface area contributed by atoms with Crippen molar-refractivity contribution in [2.24, 2.45) is 5.92 Å². The quantitative estimate of drug-likeness (QED) is 0.817. The summed E-state index contributed by atoms with van der Waals surface area (Å²) in [5.41, 5.74) is 0.699. The molecular weight excluding hydrogens is 374 g/mol. The molecule has 5 nitrogen and oxygen atoms in total. The summed E-state index contributed by atoms with van der Waals surface area (Å²) in [4.78, 5) is 25.2. The summed E-state index contributed by atoms with van der Waals surface area (Å²) in [6.45, 7) is 2.06. The van der Waals surface area contributed by atoms with Crippen LogP contribution in [0.25, 0.3) is 0 Å². The highest BCUT2D eigenvalue weighted by molar-refractivity contribution is 7.05. The molecule has 0 spiro atoms. The topological polar surface area (TPSA) is 68.3 Å². The van der Waals surface area contributed by atoms with Gasteiger partial charge in [0.05, 0.1) is 12.8 Å². The molecule has 2 heterocycles. The highest BCUT2D eigenvalue weighted by Gasteiger charge is 2.35. The van der Waals surface area contributed by atoms with Gasteiger partial charge in [0.2, 0.25) is 5.91 Å². The Kier molecular flexibility index (Phi) is 5.84. The van der Waals surface area contributed by atoms with Crippen LogP contribution < -0.4 is 10.1 Å². The third-order valence-electron chi connectivity index (χ3n) is 4.73. The third-order valence-corrected chi connectivity index (χ3v) is 5.61. The van der Waals surface area contributed by atoms with E-state index in [-0.39, 0.29) is 54.7 Å². The van der Waals surface area contributed by atoms with E-state index in [1.165, 1.54) is 18.6 Å². The van der Waals surface area contributed by atoms with Gasteiger partial charge in [-0.1, -0.05) is 0 Å². The Morgan fingerprint density at radius 1 is 1.33 bits per heavy atom. The van der Waals surface area contributed by atoms with Gasteiger partial charge in [0.25, 0.3) is 0 Å². The first-order chi connectivity index (χ1) is 12.9. The van der Waals surface area contributed by atoms with E-state index < -0.39 is 17.6 Å². The maximum absolute atomic E-state index is 14.5. The van der Waals surface area contributed by atoms with Crippen LogP contribution in [-0.2, 0) is 16.0 Å². The van der Waals surface area contributed by atoms with E-state index >= 15 is 0 Å². The number of nitrogens with zero attached hydrogens (tertiary/aromatic N) is 1. The number of aryl methyl sites for hydroxylation is 1. The number of piperidine rings is 1. The molecule has 0 radical (unpaired) electrons. The maximum Gasteiger partial charge on any atom is 0.220 e. The monoisotopic (exact) mass is 394 g/mol. The minimum Gasteiger partial charge on any atom is -0.497 e. The average molecular weight is 394 g/mol. The second-order valence-corrected chi connectivity index (χ2v) is 7.62. The number of ketones is 1. The summed E-state index contributed by atoms with van der Waals surface area (Å²) >= 11 is 1.27. The van der Waals surface area contributed by atoms with Crippen molar-refractivity contribution in [3.8, 4) is 5.75 Å². The Morgan fingerprint density at radius 2 is 2.04 bits per heavy atom. The van der Waals surface area contributed by atoms with Crippen molar-refractivity contribution in [3.05, 3.63) is 46.0 Å². The number of rotatable bonds is 6. The molecule has 144 valence electrons. The summed E-state index contributed by atoms with van der Waals surface area (Å²) in [7, 11) is 1.32. The van der Waals surface area contributed by atoms with Gasteiger partial charge < -0.3 is 10.1 Å². The van der Waals surface area contributed by atoms with Crippen LogP contribution in [0.15, 0.2) is 18.2 Å². The van der Waals surface area contributed by atoms with Gasteiger partial charge in [0.15, 0.2) is 0 Å². The van der Waals surface area contributed by atoms with Gasteiger partial charge in [0, 0.05) is 54.3 Å². The summed E-state index contributed by atoms with van der Waals surface area (Å²) in [5, 5.41) is 2.70. The number of Topliss-reactive ketones (excluding diaryl/α,β-unsaturated/α-hetero) is 1. The molecule has 0 bridgehead atoms. The zero-order valence-electron chi connectivity index (χ0n) is 15.1. The summed E-state index contributed by atoms with van der Waals surface area (Å²) in [5.74, 6) is -2.85. The Balaban J connectivity index is 1.81. The molecule has 8 heteroatoms. The zero-order valence-corrected chi connectivity index (χ0v) is 15.9. The lowest BCUT2D eigenvalue weighted by atomic mass is 9.77. The Labute approximate surface area is 159 Å². The van der Waals surface area contributed by atoms with Gasteiger partial charge in [-0.15, -0.1) is 0 Å². The highest BCUT2D eigenvalue weighted by atomic mass is 32.1. The molecule has 0 aliphatic carbocycles. The highest BCUT2D eigenvalue weighted by Crippen LogP contribution is 2.37. The molecule has 1 amide bonds. The number of carbonyl (C=O) groups excluding carboxylic acids is 2. The van der Waals surface area contributed by atoms with Crippen molar-refractivity contribution in [1.82, 2.24) is 9.69 Å². The molecule has 1 aromatic heterocycles. The first kappa shape index (κ1) is 19.4. The number of ether oxygens (including phenoxy) is 1. The lowest BCUT2D eigenvalue weighted by molar-refractivity contribution is -0.125. The standard InChI is InChI=1S/C19H20F2N2O3S/c1-10-3-14(27-23-10)5-12(24)4-11-9-22-18(25)8-15(11)19-16(20)6-13(26-2)7-17(19)21/h3,6-7,11,15H,4-5,8-9H2,1-2H3,(H,22,25)/t11-,15-/m1/s1. The molecule has 27 heavy (non-hydrogen) atoms. The van der Waals surface area contributed by atoms with Crippen molar-refractivity contribution < 1.29 is 23.1 Å². The largest absolute Gasteiger partial charge is 0.497 e. The van der Waals surface area contributed by atoms with Crippen LogP contribution in [0.5, 0.6) is 5.75 Å². The number of carbonyl (C=O) groups is 2. The van der Waals surface area contributed by atoms with Crippen molar-refractivity contribution in [2.75, 3.05) is 13.7 Å². The molecule has 0 unspecified atom stereocenters. The summed E-state index contributed by atoms with van der Waals surface area (Å²) < 4.78 is 38.1. The van der Waals surface area contributed by atoms with Crippen LogP contribution in [0, 0.1) is 24.5 Å². The molecule has 0 saturated carbocycles. The molecule has 2 aromatic rings. The maximum atomic E-state index is 14.5. The molecule has 1 aliphatic heterocycles. The Bertz CT molecular complexity index is 845. The van der Waals surface area contributed by atoms with Crippen LogP contribution in [0.2, 0.25) is 0 Å². The molecular formula is C19H20F2N2O3S. The van der Waals surface area contributed by atoms with E-state index in [1.807, 2.05) is 13.0 Å². The predicted molar refractivity (Wildman–Crippen MR) is 96.9 cm³/mol. The number of halogens is 2. The molecule has 1 N–H and O–H groups in total. The second kappa shape index (κ2) is 8.12. The van der Waals surface area contributed by atoms with Gasteiger partial charge in [-0.05, 0) is 30.4 Å². The minimum atomic E-state index is -0.762. The average Bonchev–Trinajstić information content (AvgIpc) is 3.01. The third kappa shape index (κ3) is 4.50. The number of methoxy groups -OCH3 is 1. The van der Waals surface area contributed by atoms with Crippen LogP contribution in [0.1, 0.15) is 34.9 Å². The van der Waals surface area contributed by atoms with Crippen LogP contribution in [-0.4, -0.2) is 29.7 Å². The van der Waals surface area contributed by atoms with E-state index in [9.17, 15) is 18.4 Å². The number of amides is 1. The van der Waals surface area contributed by atoms with Gasteiger partial charge in [-0.2, -0.15) is 4.37 Å². The van der Waals surface area contributed by atoms with Crippen LogP contribution in [0.3, 0.4) is 0 Å². The van der Waals surface area contributed by atoms with Gasteiger partial charge in [-0.3, -0.25) is 9.59 Å². The Morgan fingerprint density at radius 3 is 2.63 bits per heavy atom. The normalized spacial score (nSPS) is 19.6. The van der Waals surface area contributed by atoms with E-state index in [0.29, 0.717) is 0 Å². The van der Waals surface area contributed by atoms with Gasteiger partial charge >= 0.3 is 0 Å². The van der Waals surface area contributed by atoms with Crippen molar-refractivity contribution in [1.29, 1.82) is 0 Å². The molecule has 1 aliphatic rings. The summed E-state index contributed by atoms with van der Waals surface area (Å²) in [6, 6.07) is 4.05. The van der Waals surface area contributed by atoms with E-state index in [0.717, 1.165) is 22.7 Å². The summed E-state index contributed by atoms with van der Waals surface area (Å²) in [6.07, 6.45) is 0.306. The lowest BCUT2D eigenvalue weighted by Crippen LogP contribution is -2.41. The predicted octanol–water partition coefficient (Wildman–Crippen LogP) is 3.16. The second-order valence-electron chi connectivity index (χ2n) is 6.73. The minimum absolute atomic E-state index is 0.0425. The number of hydrogen-bond acceptors (Lipinski definition) is 5.